The molecule has 8 nitrogen and oxygen atoms in total. The molecule has 0 aliphatic heterocycles. The molecule has 0 bridgehead atoms. The Hall–Kier alpha value is -3.85. The van der Waals surface area contributed by atoms with Crippen LogP contribution in [0.15, 0.2) is 77.7 Å². The second-order valence-corrected chi connectivity index (χ2v) is 12.5. The summed E-state index contributed by atoms with van der Waals surface area (Å²) in [6.07, 6.45) is 3.97. The van der Waals surface area contributed by atoms with Crippen LogP contribution >= 0.6 is 0 Å². The number of methoxy groups -OCH3 is 1. The number of ether oxygens (including phenoxy) is 1. The number of carbonyl (C=O) groups excluding carboxylic acids is 2. The number of carbonyl (C=O) groups is 2. The minimum atomic E-state index is -4.18. The Morgan fingerprint density at radius 3 is 2.22 bits per heavy atom. The minimum Gasteiger partial charge on any atom is -0.495 e. The van der Waals surface area contributed by atoms with Gasteiger partial charge >= 0.3 is 0 Å². The van der Waals surface area contributed by atoms with Gasteiger partial charge in [0.15, 0.2) is 0 Å². The van der Waals surface area contributed by atoms with Gasteiger partial charge in [0, 0.05) is 12.6 Å². The van der Waals surface area contributed by atoms with Crippen molar-refractivity contribution in [2.75, 3.05) is 18.0 Å². The molecular weight excluding hydrogens is 538 g/mol. The van der Waals surface area contributed by atoms with Crippen molar-refractivity contribution in [2.45, 2.75) is 70.0 Å². The molecule has 0 heterocycles. The predicted octanol–water partition coefficient (Wildman–Crippen LogP) is 4.98. The Labute approximate surface area is 243 Å². The highest BCUT2D eigenvalue weighted by molar-refractivity contribution is 7.92. The number of hydrogen-bond donors (Lipinski definition) is 1. The van der Waals surface area contributed by atoms with Crippen molar-refractivity contribution in [1.82, 2.24) is 10.2 Å². The van der Waals surface area contributed by atoms with Gasteiger partial charge in [-0.1, -0.05) is 66.9 Å². The van der Waals surface area contributed by atoms with Gasteiger partial charge in [-0.05, 0) is 69.0 Å². The summed E-state index contributed by atoms with van der Waals surface area (Å²) in [5.74, 6) is -0.426. The van der Waals surface area contributed by atoms with Gasteiger partial charge in [0.2, 0.25) is 11.8 Å². The fraction of sp³-hybridized carbons (Fsp3) is 0.375. The number of sulfonamides is 1. The Morgan fingerprint density at radius 2 is 1.59 bits per heavy atom. The Bertz CT molecular complexity index is 1450. The summed E-state index contributed by atoms with van der Waals surface area (Å²) in [7, 11) is -2.72. The monoisotopic (exact) mass is 577 g/mol. The van der Waals surface area contributed by atoms with Crippen LogP contribution in [0.4, 0.5) is 5.69 Å². The Morgan fingerprint density at radius 1 is 0.951 bits per heavy atom. The second kappa shape index (κ2) is 13.2. The molecule has 1 aliphatic carbocycles. The number of rotatable bonds is 11. The quantitative estimate of drug-likeness (QED) is 0.347. The van der Waals surface area contributed by atoms with Crippen LogP contribution in [0, 0.1) is 13.8 Å². The molecule has 218 valence electrons. The number of nitrogens with zero attached hydrogens (tertiary/aromatic N) is 2. The molecule has 3 aromatic rings. The normalized spacial score (nSPS) is 14.3. The standard InChI is InChI=1S/C32H39N3O5S/c1-23-14-17-28(18-15-23)41(38,39)35(29-20-24(2)16-19-30(29)40-4)22-31(36)34(21-26-10-6-5-7-11-26)25(3)32(37)33-27-12-8-9-13-27/h5-7,10-11,14-20,25,27H,8-9,12-13,21-22H2,1-4H3,(H,33,37). The molecule has 41 heavy (non-hydrogen) atoms. The maximum Gasteiger partial charge on any atom is 0.264 e. The van der Waals surface area contributed by atoms with Crippen LogP contribution < -0.4 is 14.4 Å². The number of aryl methyl sites for hydroxylation is 2. The van der Waals surface area contributed by atoms with E-state index in [1.54, 1.807) is 31.2 Å². The van der Waals surface area contributed by atoms with Gasteiger partial charge in [0.05, 0.1) is 17.7 Å². The summed E-state index contributed by atoms with van der Waals surface area (Å²) in [6, 6.07) is 20.4. The predicted molar refractivity (Wildman–Crippen MR) is 160 cm³/mol. The molecule has 0 spiro atoms. The fourth-order valence-corrected chi connectivity index (χ4v) is 6.52. The van der Waals surface area contributed by atoms with Crippen LogP contribution in [-0.2, 0) is 26.2 Å². The summed E-state index contributed by atoms with van der Waals surface area (Å²) in [6.45, 7) is 5.06. The molecule has 3 aromatic carbocycles. The van der Waals surface area contributed by atoms with Crippen molar-refractivity contribution >= 4 is 27.5 Å². The third kappa shape index (κ3) is 7.27. The maximum absolute atomic E-state index is 14.1. The molecular formula is C32H39N3O5S. The average Bonchev–Trinajstić information content (AvgIpc) is 3.48. The van der Waals surface area contributed by atoms with E-state index in [1.807, 2.05) is 50.2 Å². The van der Waals surface area contributed by atoms with Crippen molar-refractivity contribution in [3.8, 4) is 5.75 Å². The first-order chi connectivity index (χ1) is 19.6. The van der Waals surface area contributed by atoms with E-state index in [-0.39, 0.29) is 29.1 Å². The second-order valence-electron chi connectivity index (χ2n) is 10.7. The molecule has 1 fully saturated rings. The molecule has 1 saturated carbocycles. The molecule has 1 atom stereocenters. The van der Waals surface area contributed by atoms with Crippen LogP contribution in [0.3, 0.4) is 0 Å². The van der Waals surface area contributed by atoms with Crippen molar-refractivity contribution in [2.24, 2.45) is 0 Å². The highest BCUT2D eigenvalue weighted by Crippen LogP contribution is 2.34. The third-order valence-corrected chi connectivity index (χ3v) is 9.33. The van der Waals surface area contributed by atoms with Crippen LogP contribution in [0.2, 0.25) is 0 Å². The van der Waals surface area contributed by atoms with Crippen molar-refractivity contribution in [3.63, 3.8) is 0 Å². The van der Waals surface area contributed by atoms with E-state index in [0.29, 0.717) is 5.75 Å². The summed E-state index contributed by atoms with van der Waals surface area (Å²) >= 11 is 0. The molecule has 4 rings (SSSR count). The minimum absolute atomic E-state index is 0.0566. The van der Waals surface area contributed by atoms with Crippen molar-refractivity contribution in [1.29, 1.82) is 0 Å². The highest BCUT2D eigenvalue weighted by atomic mass is 32.2. The number of nitrogens with one attached hydrogen (secondary N) is 1. The van der Waals surface area contributed by atoms with E-state index >= 15 is 0 Å². The number of benzene rings is 3. The lowest BCUT2D eigenvalue weighted by molar-refractivity contribution is -0.139. The van der Waals surface area contributed by atoms with Gasteiger partial charge in [-0.2, -0.15) is 0 Å². The summed E-state index contributed by atoms with van der Waals surface area (Å²) in [4.78, 5) is 29.0. The van der Waals surface area contributed by atoms with Crippen LogP contribution in [0.1, 0.15) is 49.3 Å². The SMILES string of the molecule is COc1ccc(C)cc1N(CC(=O)N(Cc1ccccc1)C(C)C(=O)NC1CCCC1)S(=O)(=O)c1ccc(C)cc1. The van der Waals surface area contributed by atoms with E-state index in [0.717, 1.165) is 46.7 Å². The van der Waals surface area contributed by atoms with E-state index < -0.39 is 28.5 Å². The fourth-order valence-electron chi connectivity index (χ4n) is 5.10. The zero-order valence-corrected chi connectivity index (χ0v) is 25.0. The number of hydrogen-bond acceptors (Lipinski definition) is 5. The van der Waals surface area contributed by atoms with Crippen LogP contribution in [0.5, 0.6) is 5.75 Å². The van der Waals surface area contributed by atoms with E-state index in [1.165, 1.54) is 24.1 Å². The maximum atomic E-state index is 14.1. The molecule has 0 saturated heterocycles. The number of anilines is 1. The van der Waals surface area contributed by atoms with Gasteiger partial charge in [-0.3, -0.25) is 13.9 Å². The smallest absolute Gasteiger partial charge is 0.264 e. The molecule has 0 radical (unpaired) electrons. The topological polar surface area (TPSA) is 96.0 Å². The summed E-state index contributed by atoms with van der Waals surface area (Å²) < 4.78 is 34.8. The molecule has 9 heteroatoms. The lowest BCUT2D eigenvalue weighted by atomic mass is 10.1. The zero-order chi connectivity index (χ0) is 29.6. The lowest BCUT2D eigenvalue weighted by Gasteiger charge is -2.33. The Balaban J connectivity index is 1.73. The lowest BCUT2D eigenvalue weighted by Crippen LogP contribution is -2.52. The first-order valence-corrected chi connectivity index (χ1v) is 15.4. The summed E-state index contributed by atoms with van der Waals surface area (Å²) in [5.41, 5.74) is 2.81. The average molecular weight is 578 g/mol. The molecule has 1 aliphatic rings. The summed E-state index contributed by atoms with van der Waals surface area (Å²) in [5, 5.41) is 3.09. The van der Waals surface area contributed by atoms with E-state index in [2.05, 4.69) is 5.32 Å². The first-order valence-electron chi connectivity index (χ1n) is 14.0. The van der Waals surface area contributed by atoms with Gasteiger partial charge in [0.1, 0.15) is 18.3 Å². The van der Waals surface area contributed by atoms with Crippen LogP contribution in [-0.4, -0.2) is 50.9 Å². The highest BCUT2D eigenvalue weighted by Gasteiger charge is 2.34. The molecule has 0 aromatic heterocycles. The zero-order valence-electron chi connectivity index (χ0n) is 24.2. The van der Waals surface area contributed by atoms with Crippen molar-refractivity contribution < 1.29 is 22.7 Å². The number of amides is 2. The molecule has 2 amide bonds. The van der Waals surface area contributed by atoms with E-state index in [4.69, 9.17) is 4.74 Å². The molecule has 1 N–H and O–H groups in total. The third-order valence-electron chi connectivity index (χ3n) is 7.56. The van der Waals surface area contributed by atoms with Gasteiger partial charge in [-0.25, -0.2) is 8.42 Å². The van der Waals surface area contributed by atoms with Crippen molar-refractivity contribution in [3.05, 3.63) is 89.5 Å². The first kappa shape index (κ1) is 30.1. The Kier molecular flexibility index (Phi) is 9.70. The van der Waals surface area contributed by atoms with E-state index in [9.17, 15) is 18.0 Å². The molecule has 1 unspecified atom stereocenters. The van der Waals surface area contributed by atoms with Gasteiger partial charge in [-0.15, -0.1) is 0 Å². The van der Waals surface area contributed by atoms with Crippen LogP contribution in [0.25, 0.3) is 0 Å². The van der Waals surface area contributed by atoms with Gasteiger partial charge < -0.3 is 15.0 Å². The van der Waals surface area contributed by atoms with Gasteiger partial charge in [0.25, 0.3) is 10.0 Å². The largest absolute Gasteiger partial charge is 0.495 e.